The van der Waals surface area contributed by atoms with E-state index in [2.05, 4.69) is 5.10 Å². The van der Waals surface area contributed by atoms with E-state index in [0.29, 0.717) is 17.0 Å². The summed E-state index contributed by atoms with van der Waals surface area (Å²) in [5.74, 6) is -0.214. The Morgan fingerprint density at radius 3 is 2.70 bits per heavy atom. The molecular formula is C15H19ClFN3. The molecule has 0 spiro atoms. The van der Waals surface area contributed by atoms with Crippen LogP contribution < -0.4 is 5.73 Å². The van der Waals surface area contributed by atoms with Crippen molar-refractivity contribution in [3.63, 3.8) is 0 Å². The molecule has 0 aliphatic carbocycles. The highest BCUT2D eigenvalue weighted by Crippen LogP contribution is 2.25. The number of nitrogens with two attached hydrogens (primary N) is 1. The van der Waals surface area contributed by atoms with Gasteiger partial charge in [-0.1, -0.05) is 23.7 Å². The first-order valence-corrected chi connectivity index (χ1v) is 7.05. The minimum absolute atomic E-state index is 0.214. The Balaban J connectivity index is 2.27. The normalized spacial score (nSPS) is 12.7. The van der Waals surface area contributed by atoms with E-state index in [1.807, 2.05) is 18.5 Å². The quantitative estimate of drug-likeness (QED) is 0.937. The maximum Gasteiger partial charge on any atom is 0.126 e. The van der Waals surface area contributed by atoms with Crippen LogP contribution in [0.5, 0.6) is 0 Å². The SMILES string of the molecule is CCn1nc(C)c(Cl)c1CC(N)c1ccc(F)c(C)c1. The molecule has 0 saturated carbocycles. The van der Waals surface area contributed by atoms with Crippen molar-refractivity contribution in [2.45, 2.75) is 39.8 Å². The lowest BCUT2D eigenvalue weighted by molar-refractivity contribution is 0.584. The van der Waals surface area contributed by atoms with Crippen LogP contribution in [0.2, 0.25) is 5.02 Å². The van der Waals surface area contributed by atoms with Crippen molar-refractivity contribution in [2.24, 2.45) is 5.73 Å². The van der Waals surface area contributed by atoms with E-state index in [1.165, 1.54) is 6.07 Å². The summed E-state index contributed by atoms with van der Waals surface area (Å²) >= 11 is 6.28. The predicted molar refractivity (Wildman–Crippen MR) is 79.4 cm³/mol. The number of nitrogens with zero attached hydrogens (tertiary/aromatic N) is 2. The standard InChI is InChI=1S/C15H19ClFN3/c1-4-20-14(15(16)10(3)19-20)8-13(18)11-5-6-12(17)9(2)7-11/h5-7,13H,4,8,18H2,1-3H3. The lowest BCUT2D eigenvalue weighted by Gasteiger charge is -2.14. The average Bonchev–Trinajstić information content (AvgIpc) is 2.69. The molecule has 0 saturated heterocycles. The third-order valence-corrected chi connectivity index (χ3v) is 3.97. The van der Waals surface area contributed by atoms with Crippen molar-refractivity contribution in [3.8, 4) is 0 Å². The summed E-state index contributed by atoms with van der Waals surface area (Å²) < 4.78 is 15.2. The molecule has 0 fully saturated rings. The third kappa shape index (κ3) is 2.86. The summed E-state index contributed by atoms with van der Waals surface area (Å²) in [6.07, 6.45) is 0.582. The van der Waals surface area contributed by atoms with Gasteiger partial charge in [0.2, 0.25) is 0 Å². The first kappa shape index (κ1) is 15.0. The molecule has 0 amide bonds. The highest BCUT2D eigenvalue weighted by Gasteiger charge is 2.17. The van der Waals surface area contributed by atoms with Crippen LogP contribution in [0.25, 0.3) is 0 Å². The Morgan fingerprint density at radius 2 is 2.10 bits per heavy atom. The number of aryl methyl sites for hydroxylation is 3. The number of halogens is 2. The molecule has 0 aliphatic rings. The lowest BCUT2D eigenvalue weighted by Crippen LogP contribution is -2.16. The molecular weight excluding hydrogens is 277 g/mol. The largest absolute Gasteiger partial charge is 0.324 e. The number of hydrogen-bond donors (Lipinski definition) is 1. The molecule has 1 atom stereocenters. The average molecular weight is 296 g/mol. The number of benzene rings is 1. The Labute approximate surface area is 123 Å². The van der Waals surface area contributed by atoms with Gasteiger partial charge in [0.1, 0.15) is 5.82 Å². The van der Waals surface area contributed by atoms with Crippen LogP contribution in [0.3, 0.4) is 0 Å². The molecule has 108 valence electrons. The Kier molecular flexibility index (Phi) is 4.45. The van der Waals surface area contributed by atoms with Crippen LogP contribution in [0.15, 0.2) is 18.2 Å². The molecule has 1 unspecified atom stereocenters. The fourth-order valence-corrected chi connectivity index (χ4v) is 2.50. The van der Waals surface area contributed by atoms with Gasteiger partial charge >= 0.3 is 0 Å². The van der Waals surface area contributed by atoms with E-state index in [-0.39, 0.29) is 11.9 Å². The molecule has 2 aromatic rings. The fraction of sp³-hybridized carbons (Fsp3) is 0.400. The van der Waals surface area contributed by atoms with Crippen molar-refractivity contribution in [1.29, 1.82) is 0 Å². The molecule has 20 heavy (non-hydrogen) atoms. The van der Waals surface area contributed by atoms with Crippen molar-refractivity contribution in [2.75, 3.05) is 0 Å². The zero-order chi connectivity index (χ0) is 14.9. The maximum absolute atomic E-state index is 13.3. The van der Waals surface area contributed by atoms with Gasteiger partial charge in [0.15, 0.2) is 0 Å². The van der Waals surface area contributed by atoms with Gasteiger partial charge in [0.05, 0.1) is 16.4 Å². The number of aromatic nitrogens is 2. The molecule has 1 aromatic heterocycles. The van der Waals surface area contributed by atoms with E-state index >= 15 is 0 Å². The van der Waals surface area contributed by atoms with Gasteiger partial charge in [-0.25, -0.2) is 4.39 Å². The summed E-state index contributed by atoms with van der Waals surface area (Å²) in [5, 5.41) is 5.04. The summed E-state index contributed by atoms with van der Waals surface area (Å²) in [4.78, 5) is 0. The maximum atomic E-state index is 13.3. The second kappa shape index (κ2) is 5.94. The first-order valence-electron chi connectivity index (χ1n) is 6.67. The van der Waals surface area contributed by atoms with Crippen molar-refractivity contribution < 1.29 is 4.39 Å². The molecule has 0 bridgehead atoms. The first-order chi connectivity index (χ1) is 9.43. The molecule has 0 aliphatic heterocycles. The molecule has 0 radical (unpaired) electrons. The molecule has 2 rings (SSSR count). The van der Waals surface area contributed by atoms with Gasteiger partial charge < -0.3 is 5.73 Å². The van der Waals surface area contributed by atoms with Crippen LogP contribution >= 0.6 is 11.6 Å². The second-order valence-electron chi connectivity index (χ2n) is 4.98. The van der Waals surface area contributed by atoms with Crippen LogP contribution in [-0.2, 0) is 13.0 Å². The number of rotatable bonds is 4. The van der Waals surface area contributed by atoms with E-state index in [1.54, 1.807) is 19.1 Å². The number of hydrogen-bond acceptors (Lipinski definition) is 2. The highest BCUT2D eigenvalue weighted by molar-refractivity contribution is 6.31. The topological polar surface area (TPSA) is 43.8 Å². The zero-order valence-electron chi connectivity index (χ0n) is 12.0. The summed E-state index contributed by atoms with van der Waals surface area (Å²) in [5.41, 5.74) is 9.47. The molecule has 3 nitrogen and oxygen atoms in total. The minimum Gasteiger partial charge on any atom is -0.324 e. The molecule has 5 heteroatoms. The lowest BCUT2D eigenvalue weighted by atomic mass is 10.0. The van der Waals surface area contributed by atoms with Gasteiger partial charge in [-0.3, -0.25) is 4.68 Å². The van der Waals surface area contributed by atoms with Gasteiger partial charge in [0, 0.05) is 19.0 Å². The van der Waals surface area contributed by atoms with E-state index in [4.69, 9.17) is 17.3 Å². The summed E-state index contributed by atoms with van der Waals surface area (Å²) in [6.45, 7) is 6.38. The monoisotopic (exact) mass is 295 g/mol. The van der Waals surface area contributed by atoms with Gasteiger partial charge in [0.25, 0.3) is 0 Å². The van der Waals surface area contributed by atoms with Crippen LogP contribution in [0.1, 0.15) is 35.5 Å². The second-order valence-corrected chi connectivity index (χ2v) is 5.36. The van der Waals surface area contributed by atoms with E-state index in [9.17, 15) is 4.39 Å². The predicted octanol–water partition coefficient (Wildman–Crippen LogP) is 3.55. The summed E-state index contributed by atoms with van der Waals surface area (Å²) in [7, 11) is 0. The van der Waals surface area contributed by atoms with Crippen molar-refractivity contribution in [3.05, 3.63) is 51.6 Å². The van der Waals surface area contributed by atoms with Gasteiger partial charge in [-0.05, 0) is 38.0 Å². The highest BCUT2D eigenvalue weighted by atomic mass is 35.5. The smallest absolute Gasteiger partial charge is 0.126 e. The Bertz CT molecular complexity index is 622. The van der Waals surface area contributed by atoms with Gasteiger partial charge in [-0.15, -0.1) is 0 Å². The molecule has 1 aromatic carbocycles. The van der Waals surface area contributed by atoms with Crippen LogP contribution in [-0.4, -0.2) is 9.78 Å². The molecule has 1 heterocycles. The van der Waals surface area contributed by atoms with Crippen LogP contribution in [0.4, 0.5) is 4.39 Å². The van der Waals surface area contributed by atoms with Crippen molar-refractivity contribution in [1.82, 2.24) is 9.78 Å². The van der Waals surface area contributed by atoms with Gasteiger partial charge in [-0.2, -0.15) is 5.10 Å². The third-order valence-electron chi connectivity index (χ3n) is 3.48. The van der Waals surface area contributed by atoms with E-state index < -0.39 is 0 Å². The minimum atomic E-state index is -0.229. The summed E-state index contributed by atoms with van der Waals surface area (Å²) in [6, 6.07) is 4.73. The molecule has 2 N–H and O–H groups in total. The Hall–Kier alpha value is -1.39. The fourth-order valence-electron chi connectivity index (χ4n) is 2.29. The zero-order valence-corrected chi connectivity index (χ0v) is 12.7. The van der Waals surface area contributed by atoms with Crippen LogP contribution in [0, 0.1) is 19.7 Å². The van der Waals surface area contributed by atoms with E-state index in [0.717, 1.165) is 23.5 Å². The van der Waals surface area contributed by atoms with Crippen molar-refractivity contribution >= 4 is 11.6 Å². The Morgan fingerprint density at radius 1 is 1.40 bits per heavy atom.